The van der Waals surface area contributed by atoms with Crippen molar-refractivity contribution in [3.63, 3.8) is 0 Å². The number of esters is 1. The van der Waals surface area contributed by atoms with Gasteiger partial charge in [-0.3, -0.25) is 0 Å². The number of carbonyl (C=O) groups excluding carboxylic acids is 1. The molecule has 0 saturated heterocycles. The van der Waals surface area contributed by atoms with E-state index in [-0.39, 0.29) is 12.3 Å². The highest BCUT2D eigenvalue weighted by atomic mass is 16.6. The van der Waals surface area contributed by atoms with Crippen molar-refractivity contribution in [1.29, 1.82) is 0 Å². The number of carbonyl (C=O) groups is 2. The van der Waals surface area contributed by atoms with Crippen molar-refractivity contribution in [2.45, 2.75) is 83.3 Å². The van der Waals surface area contributed by atoms with Gasteiger partial charge in [0.05, 0.1) is 0 Å². The van der Waals surface area contributed by atoms with Crippen LogP contribution in [0.4, 0.5) is 0 Å². The number of rotatable bonds is 4. The number of ether oxygens (including phenoxy) is 1. The first-order valence-corrected chi connectivity index (χ1v) is 8.89. The third kappa shape index (κ3) is 4.25. The summed E-state index contributed by atoms with van der Waals surface area (Å²) in [4.78, 5) is 24.2. The number of hydrogen-bond acceptors (Lipinski definition) is 4. The monoisotopic (exact) mass is 325 g/mol. The molecule has 0 aromatic heterocycles. The fourth-order valence-corrected chi connectivity index (χ4v) is 4.37. The Hall–Kier alpha value is -1.10. The van der Waals surface area contributed by atoms with Crippen molar-refractivity contribution in [1.82, 2.24) is 0 Å². The van der Waals surface area contributed by atoms with Crippen molar-refractivity contribution in [3.05, 3.63) is 0 Å². The first-order chi connectivity index (χ1) is 10.6. The molecule has 0 aliphatic heterocycles. The van der Waals surface area contributed by atoms with Crippen molar-refractivity contribution in [2.24, 2.45) is 23.5 Å². The second-order valence-corrected chi connectivity index (χ2v) is 8.38. The van der Waals surface area contributed by atoms with Gasteiger partial charge in [-0.25, -0.2) is 9.59 Å². The van der Waals surface area contributed by atoms with E-state index in [1.807, 2.05) is 0 Å². The summed E-state index contributed by atoms with van der Waals surface area (Å²) in [6.07, 6.45) is 8.35. The lowest BCUT2D eigenvalue weighted by Gasteiger charge is -2.43. The van der Waals surface area contributed by atoms with Crippen molar-refractivity contribution >= 4 is 11.9 Å². The van der Waals surface area contributed by atoms with Crippen LogP contribution in [-0.4, -0.2) is 28.2 Å². The molecule has 0 aromatic carbocycles. The number of aliphatic carboxylic acids is 1. The van der Waals surface area contributed by atoms with Gasteiger partial charge in [-0.15, -0.1) is 0 Å². The first-order valence-electron chi connectivity index (χ1n) is 8.89. The number of nitrogens with two attached hydrogens (primary N) is 1. The largest absolute Gasteiger partial charge is 0.479 e. The van der Waals surface area contributed by atoms with E-state index in [1.54, 1.807) is 20.8 Å². The fourth-order valence-electron chi connectivity index (χ4n) is 4.37. The first kappa shape index (κ1) is 18.2. The number of hydrogen-bond donors (Lipinski definition) is 2. The van der Waals surface area contributed by atoms with Crippen LogP contribution in [0, 0.1) is 17.8 Å². The molecule has 0 bridgehead atoms. The molecule has 23 heavy (non-hydrogen) atoms. The minimum atomic E-state index is -1.93. The van der Waals surface area contributed by atoms with E-state index in [2.05, 4.69) is 0 Å². The molecule has 4 atom stereocenters. The predicted molar refractivity (Wildman–Crippen MR) is 87.8 cm³/mol. The van der Waals surface area contributed by atoms with Gasteiger partial charge < -0.3 is 15.6 Å². The zero-order chi connectivity index (χ0) is 17.3. The highest BCUT2D eigenvalue weighted by Crippen LogP contribution is 2.46. The van der Waals surface area contributed by atoms with Crippen LogP contribution in [-0.2, 0) is 14.3 Å². The Labute approximate surface area is 139 Å². The summed E-state index contributed by atoms with van der Waals surface area (Å²) < 4.78 is 5.30. The highest BCUT2D eigenvalue weighted by Gasteiger charge is 2.49. The molecule has 2 aliphatic rings. The number of fused-ring (bicyclic) bond motifs is 1. The second-order valence-electron chi connectivity index (χ2n) is 8.38. The summed E-state index contributed by atoms with van der Waals surface area (Å²) in [7, 11) is 0. The predicted octanol–water partition coefficient (Wildman–Crippen LogP) is 3.11. The van der Waals surface area contributed by atoms with E-state index in [4.69, 9.17) is 10.5 Å². The van der Waals surface area contributed by atoms with Crippen LogP contribution in [0.5, 0.6) is 0 Å². The van der Waals surface area contributed by atoms with Gasteiger partial charge in [-0.1, -0.05) is 38.5 Å². The summed E-state index contributed by atoms with van der Waals surface area (Å²) in [6, 6.07) is 0. The van der Waals surface area contributed by atoms with Crippen LogP contribution in [0.1, 0.15) is 72.1 Å². The molecule has 2 saturated carbocycles. The Bertz CT molecular complexity index is 454. The van der Waals surface area contributed by atoms with Gasteiger partial charge in [0.25, 0.3) is 0 Å². The molecule has 132 valence electrons. The molecule has 2 fully saturated rings. The van der Waals surface area contributed by atoms with Gasteiger partial charge in [0, 0.05) is 0 Å². The van der Waals surface area contributed by atoms with Crippen LogP contribution >= 0.6 is 0 Å². The van der Waals surface area contributed by atoms with Crippen LogP contribution < -0.4 is 5.73 Å². The zero-order valence-corrected chi connectivity index (χ0v) is 14.6. The summed E-state index contributed by atoms with van der Waals surface area (Å²) in [5, 5.41) is 9.60. The summed E-state index contributed by atoms with van der Waals surface area (Å²) in [5.74, 6) is -0.677. The molecule has 5 heteroatoms. The smallest absolute Gasteiger partial charge is 0.338 e. The van der Waals surface area contributed by atoms with E-state index in [9.17, 15) is 14.7 Å². The Balaban J connectivity index is 2.14. The van der Waals surface area contributed by atoms with Gasteiger partial charge in [-0.2, -0.15) is 0 Å². The Kier molecular flexibility index (Phi) is 5.39. The molecule has 3 N–H and O–H groups in total. The lowest BCUT2D eigenvalue weighted by molar-refractivity contribution is -0.170. The number of carboxylic acid groups (broad SMARTS) is 1. The van der Waals surface area contributed by atoms with E-state index in [1.165, 1.54) is 25.7 Å². The maximum absolute atomic E-state index is 12.4. The zero-order valence-electron chi connectivity index (χ0n) is 14.6. The number of carboxylic acids is 1. The molecule has 0 spiro atoms. The third-order valence-corrected chi connectivity index (χ3v) is 5.45. The topological polar surface area (TPSA) is 89.6 Å². The van der Waals surface area contributed by atoms with Gasteiger partial charge in [0.15, 0.2) is 0 Å². The molecule has 0 heterocycles. The summed E-state index contributed by atoms with van der Waals surface area (Å²) in [5.41, 5.74) is 3.40. The molecule has 5 nitrogen and oxygen atoms in total. The van der Waals surface area contributed by atoms with Crippen LogP contribution in [0.2, 0.25) is 0 Å². The van der Waals surface area contributed by atoms with Gasteiger partial charge in [0.1, 0.15) is 5.60 Å². The highest BCUT2D eigenvalue weighted by molar-refractivity contribution is 6.03. The van der Waals surface area contributed by atoms with Gasteiger partial charge >= 0.3 is 11.9 Å². The molecular formula is C18H31NO4. The lowest BCUT2D eigenvalue weighted by Crippen LogP contribution is -2.59. The molecule has 0 amide bonds. The van der Waals surface area contributed by atoms with Crippen LogP contribution in [0.3, 0.4) is 0 Å². The minimum Gasteiger partial charge on any atom is -0.479 e. The molecular weight excluding hydrogens is 294 g/mol. The fraction of sp³-hybridized carbons (Fsp3) is 0.889. The molecule has 2 aliphatic carbocycles. The second kappa shape index (κ2) is 6.80. The van der Waals surface area contributed by atoms with Gasteiger partial charge in [0.2, 0.25) is 5.54 Å². The van der Waals surface area contributed by atoms with E-state index in [0.717, 1.165) is 19.3 Å². The van der Waals surface area contributed by atoms with E-state index < -0.39 is 23.1 Å². The van der Waals surface area contributed by atoms with Crippen molar-refractivity contribution in [3.8, 4) is 0 Å². The Morgan fingerprint density at radius 1 is 1.09 bits per heavy atom. The van der Waals surface area contributed by atoms with Crippen molar-refractivity contribution in [2.75, 3.05) is 0 Å². The summed E-state index contributed by atoms with van der Waals surface area (Å²) in [6.45, 7) is 5.18. The molecule has 0 radical (unpaired) electrons. The summed E-state index contributed by atoms with van der Waals surface area (Å²) >= 11 is 0. The lowest BCUT2D eigenvalue weighted by atomic mass is 9.63. The minimum absolute atomic E-state index is 0.193. The normalized spacial score (nSPS) is 30.9. The SMILES string of the molecule is CC(C)(C)OC(=O)C(N)(CC1CCCC2CCCCC21)C(=O)O. The Morgan fingerprint density at radius 2 is 1.70 bits per heavy atom. The maximum Gasteiger partial charge on any atom is 0.338 e. The van der Waals surface area contributed by atoms with Crippen LogP contribution in [0.15, 0.2) is 0 Å². The molecule has 0 aromatic rings. The van der Waals surface area contributed by atoms with E-state index >= 15 is 0 Å². The van der Waals surface area contributed by atoms with E-state index in [0.29, 0.717) is 11.8 Å². The average molecular weight is 325 g/mol. The standard InChI is InChI=1S/C18H31NO4/c1-17(2,3)23-16(22)18(19,15(20)21)11-13-9-6-8-12-7-4-5-10-14(12)13/h12-14H,4-11,19H2,1-3H3,(H,20,21). The van der Waals surface area contributed by atoms with Crippen molar-refractivity contribution < 1.29 is 19.4 Å². The average Bonchev–Trinajstić information content (AvgIpc) is 2.45. The molecule has 4 unspecified atom stereocenters. The quantitative estimate of drug-likeness (QED) is 0.612. The molecule has 2 rings (SSSR count). The Morgan fingerprint density at radius 3 is 2.30 bits per heavy atom. The third-order valence-electron chi connectivity index (χ3n) is 5.45. The van der Waals surface area contributed by atoms with Crippen LogP contribution in [0.25, 0.3) is 0 Å². The maximum atomic E-state index is 12.4. The van der Waals surface area contributed by atoms with Gasteiger partial charge in [-0.05, 0) is 51.4 Å².